The van der Waals surface area contributed by atoms with Crippen LogP contribution in [0.1, 0.15) is 39.8 Å². The number of nitrogens with zero attached hydrogens (tertiary/aromatic N) is 3. The van der Waals surface area contributed by atoms with E-state index < -0.39 is 0 Å². The van der Waals surface area contributed by atoms with Crippen molar-refractivity contribution in [1.82, 2.24) is 14.5 Å². The summed E-state index contributed by atoms with van der Waals surface area (Å²) < 4.78 is 7.44. The number of carbonyl (C=O) groups is 1. The first-order chi connectivity index (χ1) is 13.2. The van der Waals surface area contributed by atoms with E-state index in [1.165, 1.54) is 0 Å². The Bertz CT molecular complexity index is 915. The number of halogens is 1. The maximum Gasteiger partial charge on any atom is 0.272 e. The molecule has 3 rings (SSSR count). The Kier molecular flexibility index (Phi) is 6.40. The molecule has 0 aliphatic carbocycles. The summed E-state index contributed by atoms with van der Waals surface area (Å²) >= 11 is 6.13. The van der Waals surface area contributed by atoms with E-state index in [0.717, 1.165) is 5.52 Å². The van der Waals surface area contributed by atoms with Crippen LogP contribution in [0.3, 0.4) is 0 Å². The van der Waals surface area contributed by atoms with Gasteiger partial charge >= 0.3 is 0 Å². The van der Waals surface area contributed by atoms with Crippen LogP contribution in [-0.4, -0.2) is 45.7 Å². The number of carbonyl (C=O) groups excluding carboxylic acids is 1. The molecule has 0 N–H and O–H groups in total. The molecule has 2 atom stereocenters. The van der Waals surface area contributed by atoms with Crippen LogP contribution in [0.15, 0.2) is 23.0 Å². The quantitative estimate of drug-likeness (QED) is 0.765. The monoisotopic (exact) mass is 405 g/mol. The average molecular weight is 406 g/mol. The van der Waals surface area contributed by atoms with Crippen molar-refractivity contribution in [2.75, 3.05) is 13.1 Å². The zero-order valence-electron chi connectivity index (χ0n) is 16.9. The van der Waals surface area contributed by atoms with Crippen LogP contribution in [0.2, 0.25) is 5.02 Å². The van der Waals surface area contributed by atoms with E-state index in [1.807, 2.05) is 24.8 Å². The van der Waals surface area contributed by atoms with Crippen molar-refractivity contribution in [1.29, 1.82) is 0 Å². The molecule has 1 aromatic carbocycles. The Morgan fingerprint density at radius 3 is 2.61 bits per heavy atom. The average Bonchev–Trinajstić information content (AvgIpc) is 2.61. The Hall–Kier alpha value is -1.92. The number of aryl methyl sites for hydroxylation is 1. The van der Waals surface area contributed by atoms with E-state index in [4.69, 9.17) is 16.3 Å². The number of fused-ring (bicyclic) bond motifs is 1. The lowest BCUT2D eigenvalue weighted by atomic mass is 10.1. The van der Waals surface area contributed by atoms with Gasteiger partial charge in [-0.15, -0.1) is 0 Å². The van der Waals surface area contributed by atoms with Crippen LogP contribution in [0.25, 0.3) is 11.0 Å². The standard InChI is InChI=1S/C21H28ClN3O3/c1-13(2)10-25-19-7-5-16(22)9-18(19)23-17(21(25)27)6-8-20(26)24-11-14(3)28-15(4)12-24/h5,7,9,13-15H,6,8,10-12H2,1-4H3/t14-,15-/m0/s1. The summed E-state index contributed by atoms with van der Waals surface area (Å²) in [4.78, 5) is 32.0. The summed E-state index contributed by atoms with van der Waals surface area (Å²) in [5, 5.41) is 0.577. The van der Waals surface area contributed by atoms with Crippen LogP contribution < -0.4 is 5.56 Å². The molecule has 6 nitrogen and oxygen atoms in total. The molecule has 1 fully saturated rings. The van der Waals surface area contributed by atoms with Crippen molar-refractivity contribution in [2.24, 2.45) is 5.92 Å². The van der Waals surface area contributed by atoms with Crippen molar-refractivity contribution in [3.8, 4) is 0 Å². The molecule has 0 saturated carbocycles. The largest absolute Gasteiger partial charge is 0.372 e. The normalized spacial score (nSPS) is 20.1. The highest BCUT2D eigenvalue weighted by Crippen LogP contribution is 2.18. The van der Waals surface area contributed by atoms with Gasteiger partial charge in [-0.1, -0.05) is 25.4 Å². The van der Waals surface area contributed by atoms with Gasteiger partial charge in [-0.25, -0.2) is 4.98 Å². The minimum absolute atomic E-state index is 0.0249. The zero-order valence-corrected chi connectivity index (χ0v) is 17.7. The summed E-state index contributed by atoms with van der Waals surface area (Å²) in [7, 11) is 0. The summed E-state index contributed by atoms with van der Waals surface area (Å²) in [5.74, 6) is 0.342. The smallest absolute Gasteiger partial charge is 0.272 e. The van der Waals surface area contributed by atoms with Crippen molar-refractivity contribution in [2.45, 2.75) is 59.3 Å². The number of rotatable bonds is 5. The summed E-state index contributed by atoms with van der Waals surface area (Å²) in [5.41, 5.74) is 1.75. The Morgan fingerprint density at radius 1 is 1.29 bits per heavy atom. The first kappa shape index (κ1) is 20.8. The molecule has 1 saturated heterocycles. The predicted molar refractivity (Wildman–Crippen MR) is 111 cm³/mol. The number of ether oxygens (including phenoxy) is 1. The topological polar surface area (TPSA) is 64.4 Å². The number of aromatic nitrogens is 2. The van der Waals surface area contributed by atoms with E-state index in [0.29, 0.717) is 48.2 Å². The van der Waals surface area contributed by atoms with Crippen LogP contribution in [0, 0.1) is 5.92 Å². The molecule has 0 bridgehead atoms. The summed E-state index contributed by atoms with van der Waals surface area (Å²) in [6, 6.07) is 5.37. The molecule has 0 radical (unpaired) electrons. The van der Waals surface area contributed by atoms with Gasteiger partial charge < -0.3 is 14.2 Å². The fourth-order valence-corrected chi connectivity index (χ4v) is 3.91. The maximum absolute atomic E-state index is 13.0. The fraction of sp³-hybridized carbons (Fsp3) is 0.571. The van der Waals surface area contributed by atoms with Gasteiger partial charge in [0, 0.05) is 37.5 Å². The van der Waals surface area contributed by atoms with E-state index in [2.05, 4.69) is 18.8 Å². The molecule has 1 aliphatic heterocycles. The molecule has 1 aromatic heterocycles. The third-order valence-corrected chi connectivity index (χ3v) is 5.11. The minimum atomic E-state index is -0.125. The Morgan fingerprint density at radius 2 is 1.96 bits per heavy atom. The molecule has 2 aromatic rings. The lowest BCUT2D eigenvalue weighted by Crippen LogP contribution is -2.48. The molecular formula is C21H28ClN3O3. The lowest BCUT2D eigenvalue weighted by molar-refractivity contribution is -0.143. The van der Waals surface area contributed by atoms with Gasteiger partial charge in [-0.05, 0) is 38.0 Å². The number of amides is 1. The number of hydrogen-bond acceptors (Lipinski definition) is 4. The molecule has 1 amide bonds. The first-order valence-electron chi connectivity index (χ1n) is 9.86. The van der Waals surface area contributed by atoms with Gasteiger partial charge in [0.15, 0.2) is 0 Å². The second kappa shape index (κ2) is 8.62. The Balaban J connectivity index is 1.85. The molecule has 1 aliphatic rings. The van der Waals surface area contributed by atoms with Gasteiger partial charge in [0.25, 0.3) is 5.56 Å². The second-order valence-corrected chi connectivity index (χ2v) is 8.49. The summed E-state index contributed by atoms with van der Waals surface area (Å²) in [6.45, 7) is 9.84. The van der Waals surface area contributed by atoms with E-state index >= 15 is 0 Å². The lowest BCUT2D eigenvalue weighted by Gasteiger charge is -2.35. The highest BCUT2D eigenvalue weighted by atomic mass is 35.5. The van der Waals surface area contributed by atoms with E-state index in [-0.39, 0.29) is 30.1 Å². The second-order valence-electron chi connectivity index (χ2n) is 8.06. The molecule has 7 heteroatoms. The van der Waals surface area contributed by atoms with Gasteiger partial charge in [0.1, 0.15) is 5.69 Å². The van der Waals surface area contributed by atoms with Gasteiger partial charge in [0.2, 0.25) is 5.91 Å². The molecule has 2 heterocycles. The first-order valence-corrected chi connectivity index (χ1v) is 10.2. The third kappa shape index (κ3) is 4.73. The minimum Gasteiger partial charge on any atom is -0.372 e. The Labute approximate surface area is 170 Å². The fourth-order valence-electron chi connectivity index (χ4n) is 3.75. The molecule has 0 unspecified atom stereocenters. The third-order valence-electron chi connectivity index (χ3n) is 4.87. The van der Waals surface area contributed by atoms with Crippen molar-refractivity contribution < 1.29 is 9.53 Å². The van der Waals surface area contributed by atoms with Crippen molar-refractivity contribution >= 4 is 28.5 Å². The van der Waals surface area contributed by atoms with Gasteiger partial charge in [-0.3, -0.25) is 9.59 Å². The van der Waals surface area contributed by atoms with E-state index in [9.17, 15) is 9.59 Å². The molecular weight excluding hydrogens is 378 g/mol. The maximum atomic E-state index is 13.0. The highest BCUT2D eigenvalue weighted by Gasteiger charge is 2.26. The summed E-state index contributed by atoms with van der Waals surface area (Å²) in [6.07, 6.45) is 0.627. The number of morpholine rings is 1. The highest BCUT2D eigenvalue weighted by molar-refractivity contribution is 6.31. The van der Waals surface area contributed by atoms with Gasteiger partial charge in [-0.2, -0.15) is 0 Å². The van der Waals surface area contributed by atoms with Crippen molar-refractivity contribution in [3.05, 3.63) is 39.3 Å². The SMILES string of the molecule is CC(C)Cn1c(=O)c(CCC(=O)N2C[C@H](C)O[C@@H](C)C2)nc2cc(Cl)ccc21. The molecule has 0 spiro atoms. The van der Waals surface area contributed by atoms with E-state index in [1.54, 1.807) is 16.7 Å². The van der Waals surface area contributed by atoms with Crippen LogP contribution in [-0.2, 0) is 22.5 Å². The van der Waals surface area contributed by atoms with Crippen LogP contribution in [0.5, 0.6) is 0 Å². The van der Waals surface area contributed by atoms with Crippen LogP contribution in [0.4, 0.5) is 0 Å². The number of benzene rings is 1. The van der Waals surface area contributed by atoms with Crippen LogP contribution >= 0.6 is 11.6 Å². The van der Waals surface area contributed by atoms with Gasteiger partial charge in [0.05, 0.1) is 23.2 Å². The molecule has 28 heavy (non-hydrogen) atoms. The number of hydrogen-bond donors (Lipinski definition) is 0. The zero-order chi connectivity index (χ0) is 20.4. The predicted octanol–water partition coefficient (Wildman–Crippen LogP) is 3.27. The van der Waals surface area contributed by atoms with Crippen molar-refractivity contribution in [3.63, 3.8) is 0 Å². The molecule has 152 valence electrons.